The van der Waals surface area contributed by atoms with Gasteiger partial charge in [0.05, 0.1) is 6.10 Å². The summed E-state index contributed by atoms with van der Waals surface area (Å²) >= 11 is 0. The molecule has 1 aliphatic rings. The Morgan fingerprint density at radius 2 is 2.19 bits per heavy atom. The van der Waals surface area contributed by atoms with Gasteiger partial charge < -0.3 is 15.5 Å². The third kappa shape index (κ3) is 2.36. The van der Waals surface area contributed by atoms with Crippen LogP contribution in [-0.2, 0) is 0 Å². The molecule has 1 heterocycles. The van der Waals surface area contributed by atoms with E-state index >= 15 is 0 Å². The van der Waals surface area contributed by atoms with Crippen LogP contribution in [-0.4, -0.2) is 21.8 Å². The van der Waals surface area contributed by atoms with Crippen molar-refractivity contribution in [1.82, 2.24) is 5.32 Å². The Labute approximate surface area is 96.1 Å². The van der Waals surface area contributed by atoms with Crippen LogP contribution in [0, 0.1) is 0 Å². The molecule has 1 aliphatic heterocycles. The predicted molar refractivity (Wildman–Crippen MR) is 63.3 cm³/mol. The Bertz CT molecular complexity index is 376. The number of benzene rings is 1. The van der Waals surface area contributed by atoms with E-state index in [1.807, 2.05) is 6.07 Å². The van der Waals surface area contributed by atoms with Gasteiger partial charge in [-0.25, -0.2) is 0 Å². The minimum absolute atomic E-state index is 0.0804. The fourth-order valence-corrected chi connectivity index (χ4v) is 2.34. The van der Waals surface area contributed by atoms with Crippen molar-refractivity contribution in [2.75, 3.05) is 0 Å². The summed E-state index contributed by atoms with van der Waals surface area (Å²) in [6, 6.07) is 6.92. The Balaban J connectivity index is 2.11. The van der Waals surface area contributed by atoms with Gasteiger partial charge in [-0.2, -0.15) is 0 Å². The second-order valence-electron chi connectivity index (χ2n) is 5.21. The molecule has 0 amide bonds. The average Bonchev–Trinajstić information content (AvgIpc) is 2.58. The Kier molecular flexibility index (Phi) is 2.91. The van der Waals surface area contributed by atoms with Crippen molar-refractivity contribution in [3.8, 4) is 5.75 Å². The summed E-state index contributed by atoms with van der Waals surface area (Å²) in [5, 5.41) is 23.0. The molecule has 0 bridgehead atoms. The minimum Gasteiger partial charge on any atom is -0.508 e. The van der Waals surface area contributed by atoms with Gasteiger partial charge >= 0.3 is 0 Å². The molecule has 3 nitrogen and oxygen atoms in total. The zero-order valence-electron chi connectivity index (χ0n) is 9.77. The van der Waals surface area contributed by atoms with Crippen molar-refractivity contribution in [1.29, 1.82) is 0 Å². The molecule has 3 N–H and O–H groups in total. The monoisotopic (exact) mass is 221 g/mol. The smallest absolute Gasteiger partial charge is 0.115 e. The Morgan fingerprint density at radius 1 is 1.44 bits per heavy atom. The molecular weight excluding hydrogens is 202 g/mol. The molecule has 1 aromatic rings. The van der Waals surface area contributed by atoms with E-state index in [0.29, 0.717) is 0 Å². The van der Waals surface area contributed by atoms with E-state index in [9.17, 15) is 10.2 Å². The summed E-state index contributed by atoms with van der Waals surface area (Å²) in [4.78, 5) is 0. The van der Waals surface area contributed by atoms with Crippen LogP contribution in [0.5, 0.6) is 5.75 Å². The Morgan fingerprint density at radius 3 is 2.75 bits per heavy atom. The molecule has 0 radical (unpaired) electrons. The maximum absolute atomic E-state index is 10.2. The number of nitrogens with one attached hydrogen (secondary N) is 1. The first-order valence-electron chi connectivity index (χ1n) is 5.73. The summed E-state index contributed by atoms with van der Waals surface area (Å²) in [5.41, 5.74) is 0.873. The van der Waals surface area contributed by atoms with Crippen LogP contribution in [0.2, 0.25) is 0 Å². The zero-order chi connectivity index (χ0) is 11.8. The number of aliphatic hydroxyl groups is 1. The van der Waals surface area contributed by atoms with E-state index in [-0.39, 0.29) is 17.3 Å². The quantitative estimate of drug-likeness (QED) is 0.715. The topological polar surface area (TPSA) is 52.5 Å². The second kappa shape index (κ2) is 4.07. The standard InChI is InChI=1S/C13H19NO2/c1-13(2)7-6-11(14-13)12(16)9-4-3-5-10(15)8-9/h3-5,8,11-12,14-16H,6-7H2,1-2H3. The van der Waals surface area contributed by atoms with E-state index in [1.54, 1.807) is 18.2 Å². The summed E-state index contributed by atoms with van der Waals surface area (Å²) in [7, 11) is 0. The van der Waals surface area contributed by atoms with Crippen molar-refractivity contribution in [3.05, 3.63) is 29.8 Å². The summed E-state index contributed by atoms with van der Waals surface area (Å²) in [5.74, 6) is 0.203. The summed E-state index contributed by atoms with van der Waals surface area (Å²) in [6.07, 6.45) is 1.48. The fourth-order valence-electron chi connectivity index (χ4n) is 2.34. The number of aliphatic hydroxyl groups excluding tert-OH is 1. The van der Waals surface area contributed by atoms with Crippen molar-refractivity contribution < 1.29 is 10.2 Å². The lowest BCUT2D eigenvalue weighted by Crippen LogP contribution is -2.40. The molecule has 1 aromatic carbocycles. The highest BCUT2D eigenvalue weighted by molar-refractivity contribution is 5.29. The first-order valence-corrected chi connectivity index (χ1v) is 5.73. The second-order valence-corrected chi connectivity index (χ2v) is 5.21. The van der Waals surface area contributed by atoms with Gasteiger partial charge in [-0.05, 0) is 44.4 Å². The zero-order valence-corrected chi connectivity index (χ0v) is 9.77. The van der Waals surface area contributed by atoms with Crippen molar-refractivity contribution in [2.45, 2.75) is 44.4 Å². The normalized spacial score (nSPS) is 25.6. The molecule has 0 aromatic heterocycles. The number of aromatic hydroxyl groups is 1. The molecule has 3 heteroatoms. The van der Waals surface area contributed by atoms with Crippen molar-refractivity contribution >= 4 is 0 Å². The molecule has 88 valence electrons. The van der Waals surface area contributed by atoms with Gasteiger partial charge in [0.25, 0.3) is 0 Å². The van der Waals surface area contributed by atoms with E-state index in [2.05, 4.69) is 19.2 Å². The number of phenolic OH excluding ortho intramolecular Hbond substituents is 1. The molecule has 1 saturated heterocycles. The maximum atomic E-state index is 10.2. The van der Waals surface area contributed by atoms with Crippen LogP contribution in [0.1, 0.15) is 38.4 Å². The van der Waals surface area contributed by atoms with E-state index in [4.69, 9.17) is 0 Å². The molecule has 16 heavy (non-hydrogen) atoms. The number of hydrogen-bond acceptors (Lipinski definition) is 3. The first kappa shape index (κ1) is 11.4. The minimum atomic E-state index is -0.547. The molecule has 2 rings (SSSR count). The molecule has 0 spiro atoms. The average molecular weight is 221 g/mol. The van der Waals surface area contributed by atoms with Gasteiger partial charge in [0.2, 0.25) is 0 Å². The van der Waals surface area contributed by atoms with Gasteiger partial charge in [0.15, 0.2) is 0 Å². The van der Waals surface area contributed by atoms with E-state index < -0.39 is 6.10 Å². The van der Waals surface area contributed by atoms with Crippen LogP contribution >= 0.6 is 0 Å². The largest absolute Gasteiger partial charge is 0.508 e. The number of phenols is 1. The van der Waals surface area contributed by atoms with Crippen LogP contribution in [0.15, 0.2) is 24.3 Å². The van der Waals surface area contributed by atoms with Gasteiger partial charge in [0, 0.05) is 11.6 Å². The summed E-state index contributed by atoms with van der Waals surface area (Å²) in [6.45, 7) is 4.28. The number of rotatable bonds is 2. The highest BCUT2D eigenvalue weighted by Gasteiger charge is 2.34. The van der Waals surface area contributed by atoms with E-state index in [0.717, 1.165) is 18.4 Å². The number of hydrogen-bond donors (Lipinski definition) is 3. The first-order chi connectivity index (χ1) is 7.48. The van der Waals surface area contributed by atoms with Crippen molar-refractivity contribution in [2.24, 2.45) is 0 Å². The lowest BCUT2D eigenvalue weighted by molar-refractivity contribution is 0.131. The van der Waals surface area contributed by atoms with Crippen LogP contribution < -0.4 is 5.32 Å². The lowest BCUT2D eigenvalue weighted by atomic mass is 10.00. The van der Waals surface area contributed by atoms with Gasteiger partial charge in [-0.15, -0.1) is 0 Å². The van der Waals surface area contributed by atoms with Crippen LogP contribution in [0.4, 0.5) is 0 Å². The lowest BCUT2D eigenvalue weighted by Gasteiger charge is -2.24. The third-order valence-electron chi connectivity index (χ3n) is 3.25. The van der Waals surface area contributed by atoms with Gasteiger partial charge in [0.1, 0.15) is 5.75 Å². The molecule has 0 aliphatic carbocycles. The highest BCUT2D eigenvalue weighted by atomic mass is 16.3. The van der Waals surface area contributed by atoms with Crippen LogP contribution in [0.25, 0.3) is 0 Å². The molecule has 2 atom stereocenters. The van der Waals surface area contributed by atoms with Gasteiger partial charge in [-0.1, -0.05) is 12.1 Å². The Hall–Kier alpha value is -1.06. The van der Waals surface area contributed by atoms with E-state index in [1.165, 1.54) is 0 Å². The van der Waals surface area contributed by atoms with Crippen molar-refractivity contribution in [3.63, 3.8) is 0 Å². The SMILES string of the molecule is CC1(C)CCC(C(O)c2cccc(O)c2)N1. The molecule has 2 unspecified atom stereocenters. The molecule has 1 fully saturated rings. The summed E-state index contributed by atoms with van der Waals surface area (Å²) < 4.78 is 0. The third-order valence-corrected chi connectivity index (χ3v) is 3.25. The molecule has 0 saturated carbocycles. The van der Waals surface area contributed by atoms with Gasteiger partial charge in [-0.3, -0.25) is 0 Å². The fraction of sp³-hybridized carbons (Fsp3) is 0.538. The molecular formula is C13H19NO2. The predicted octanol–water partition coefficient (Wildman–Crippen LogP) is 1.96. The highest BCUT2D eigenvalue weighted by Crippen LogP contribution is 2.31. The van der Waals surface area contributed by atoms with Crippen LogP contribution in [0.3, 0.4) is 0 Å². The maximum Gasteiger partial charge on any atom is 0.115 e.